The molecule has 12 nitrogen and oxygen atoms in total. The van der Waals surface area contributed by atoms with Gasteiger partial charge in [-0.1, -0.05) is 52.4 Å². The minimum absolute atomic E-state index is 0.0145. The van der Waals surface area contributed by atoms with E-state index in [0.29, 0.717) is 53.0 Å². The number of carbonyl (C=O) groups is 1. The average molecular weight is 780 g/mol. The van der Waals surface area contributed by atoms with Crippen LogP contribution in [0.25, 0.3) is 22.1 Å². The Morgan fingerprint density at radius 1 is 0.870 bits per heavy atom. The molecule has 2 aliphatic rings. The van der Waals surface area contributed by atoms with Gasteiger partial charge in [0.2, 0.25) is 11.8 Å². The molecule has 294 valence electrons. The number of carbonyl (C=O) groups excluding carboxylic acids is 1. The number of nitrogens with zero attached hydrogens (tertiary/aromatic N) is 3. The Bertz CT molecular complexity index is 1820. The average Bonchev–Trinajstić information content (AvgIpc) is 3.26. The minimum atomic E-state index is -2.49. The predicted octanol–water partition coefficient (Wildman–Crippen LogP) is 8.78. The number of ether oxygens (including phenoxy) is 3. The molecule has 0 N–H and O–H groups in total. The summed E-state index contributed by atoms with van der Waals surface area (Å²) in [6.45, 7) is 13.1. The van der Waals surface area contributed by atoms with E-state index in [-0.39, 0.29) is 18.2 Å². The summed E-state index contributed by atoms with van der Waals surface area (Å²) < 4.78 is 43.5. The number of aromatic nitrogens is 2. The van der Waals surface area contributed by atoms with Crippen LogP contribution in [-0.4, -0.2) is 71.4 Å². The first-order valence-corrected chi connectivity index (χ1v) is 23.6. The summed E-state index contributed by atoms with van der Waals surface area (Å²) in [5.74, 6) is 0.996. The van der Waals surface area contributed by atoms with Crippen LogP contribution in [0.3, 0.4) is 0 Å². The normalized spacial score (nSPS) is 25.8. The summed E-state index contributed by atoms with van der Waals surface area (Å²) >= 11 is 0. The lowest BCUT2D eigenvalue weighted by atomic mass is 10.1. The second kappa shape index (κ2) is 19.3. The fourth-order valence-corrected chi connectivity index (χ4v) is 20.2. The van der Waals surface area contributed by atoms with E-state index in [0.717, 1.165) is 74.4 Å². The highest BCUT2D eigenvalue weighted by molar-refractivity contribution is 6.88. The molecule has 0 saturated carbocycles. The fraction of sp³-hybridized carbons (Fsp3) is 0.575. The molecule has 6 atom stereocenters. The lowest BCUT2D eigenvalue weighted by Gasteiger charge is -2.35. The highest BCUT2D eigenvalue weighted by atomic mass is 28.5. The van der Waals surface area contributed by atoms with Crippen molar-refractivity contribution in [3.63, 3.8) is 0 Å². The first-order valence-electron chi connectivity index (χ1n) is 19.4. The van der Waals surface area contributed by atoms with Crippen molar-refractivity contribution in [1.29, 1.82) is 0 Å². The Balaban J connectivity index is 1.05. The first kappa shape index (κ1) is 41.5. The molecule has 2 aliphatic heterocycles. The van der Waals surface area contributed by atoms with Crippen LogP contribution < -0.4 is 10.4 Å². The van der Waals surface area contributed by atoms with Crippen LogP contribution in [0.2, 0.25) is 23.2 Å². The number of rotatable bonds is 18. The van der Waals surface area contributed by atoms with Gasteiger partial charge in [0.25, 0.3) is 0 Å². The quantitative estimate of drug-likeness (QED) is 0.0306. The van der Waals surface area contributed by atoms with Crippen LogP contribution >= 0.6 is 0 Å². The predicted molar refractivity (Wildman–Crippen MR) is 213 cm³/mol. The Hall–Kier alpha value is -3.70. The number of allylic oxidation sites excluding steroid dienone is 1. The molecule has 0 aromatic carbocycles. The van der Waals surface area contributed by atoms with Crippen LogP contribution in [0, 0.1) is 0 Å². The molecule has 2 saturated heterocycles. The zero-order valence-corrected chi connectivity index (χ0v) is 34.9. The van der Waals surface area contributed by atoms with Gasteiger partial charge in [-0.25, -0.2) is 9.78 Å². The summed E-state index contributed by atoms with van der Waals surface area (Å²) in [5, 5.41) is 0.735. The number of pyridine rings is 2. The molecule has 14 heteroatoms. The van der Waals surface area contributed by atoms with E-state index in [2.05, 4.69) is 42.7 Å². The topological polar surface area (TPSA) is 141 Å². The molecule has 2 fully saturated rings. The molecule has 6 unspecified atom stereocenters. The van der Waals surface area contributed by atoms with E-state index in [1.807, 2.05) is 0 Å². The van der Waals surface area contributed by atoms with Crippen molar-refractivity contribution in [2.24, 2.45) is 4.99 Å². The van der Waals surface area contributed by atoms with E-state index >= 15 is 0 Å². The van der Waals surface area contributed by atoms with Crippen molar-refractivity contribution in [3.05, 3.63) is 65.1 Å². The third-order valence-corrected chi connectivity index (χ3v) is 21.2. The highest BCUT2D eigenvalue weighted by Gasteiger charge is 2.67. The van der Waals surface area contributed by atoms with Gasteiger partial charge in [-0.15, -0.1) is 0 Å². The molecular formula is C40H57N3O9Si2. The third kappa shape index (κ3) is 10.5. The molecule has 0 amide bonds. The molecule has 2 bridgehead atoms. The Morgan fingerprint density at radius 2 is 1.48 bits per heavy atom. The zero-order chi connectivity index (χ0) is 38.7. The Labute approximate surface area is 321 Å². The number of unbranched alkanes of at least 4 members (excludes halogenated alkanes) is 6. The van der Waals surface area contributed by atoms with Gasteiger partial charge in [0, 0.05) is 61.2 Å². The van der Waals surface area contributed by atoms with Gasteiger partial charge >= 0.3 is 28.7 Å². The summed E-state index contributed by atoms with van der Waals surface area (Å²) in [6, 6.07) is 8.99. The van der Waals surface area contributed by atoms with E-state index in [1.165, 1.54) is 6.92 Å². The molecule has 5 rings (SSSR count). The lowest BCUT2D eigenvalue weighted by Crippen LogP contribution is -2.46. The number of aliphatic imine (C=N–C) groups is 1. The maximum Gasteiger partial charge on any atom is 0.344 e. The van der Waals surface area contributed by atoms with Crippen LogP contribution in [0.1, 0.15) is 92.9 Å². The molecule has 0 spiro atoms. The van der Waals surface area contributed by atoms with Crippen LogP contribution in [-0.2, 0) is 27.2 Å². The fourth-order valence-electron chi connectivity index (χ4n) is 7.41. The zero-order valence-electron chi connectivity index (χ0n) is 32.9. The molecule has 5 heterocycles. The minimum Gasteiger partial charge on any atom is -0.478 e. The van der Waals surface area contributed by atoms with E-state index in [1.54, 1.807) is 62.9 Å². The lowest BCUT2D eigenvalue weighted by molar-refractivity contribution is -0.136. The maximum absolute atomic E-state index is 12.6. The second-order valence-electron chi connectivity index (χ2n) is 14.6. The van der Waals surface area contributed by atoms with Gasteiger partial charge in [0.1, 0.15) is 11.3 Å². The molecule has 54 heavy (non-hydrogen) atoms. The van der Waals surface area contributed by atoms with E-state index in [9.17, 15) is 9.59 Å². The number of esters is 1. The van der Waals surface area contributed by atoms with E-state index in [4.69, 9.17) is 31.6 Å². The van der Waals surface area contributed by atoms with Gasteiger partial charge < -0.3 is 31.6 Å². The summed E-state index contributed by atoms with van der Waals surface area (Å²) in [5.41, 5.74) is 2.04. The standard InChI is InChI=1S/C40H57N3O9Si2/c1-28(48-33(6)44)24-38(41-7)46-20-12-8-10-14-22-53-31(4)32(5)54(52-53,51-30(3)29(2)50-53)23-15-11-9-13-21-47-39-26-37-35(27-43-39)25-36(40(45)49-37)34-16-18-42-19-17-34/h16-19,24-27,29-32H,8-15,20-23H2,1-7H3/b28-24+,41-38+. The van der Waals surface area contributed by atoms with Crippen molar-refractivity contribution < 1.29 is 36.4 Å². The SMILES string of the molecule is C/N=C(\C=C(/C)OC(C)=O)OCCCCCC[Si]12OC(C)C(C)O[Si](CCCCCCOc3cc4oc(=O)c(-c5ccncc5)cc4cn3)(O1)C(C)C2C. The van der Waals surface area contributed by atoms with E-state index < -0.39 is 22.7 Å². The molecule has 0 aliphatic carbocycles. The van der Waals surface area contributed by atoms with Crippen molar-refractivity contribution in [2.75, 3.05) is 20.3 Å². The maximum atomic E-state index is 12.6. The van der Waals surface area contributed by atoms with Crippen molar-refractivity contribution in [1.82, 2.24) is 9.97 Å². The van der Waals surface area contributed by atoms with Gasteiger partial charge in [-0.3, -0.25) is 14.8 Å². The van der Waals surface area contributed by atoms with Gasteiger partial charge in [-0.2, -0.15) is 0 Å². The Morgan fingerprint density at radius 3 is 2.09 bits per heavy atom. The van der Waals surface area contributed by atoms with Crippen molar-refractivity contribution in [2.45, 2.75) is 128 Å². The molecular weight excluding hydrogens is 723 g/mol. The van der Waals surface area contributed by atoms with Gasteiger partial charge in [-0.05, 0) is 69.5 Å². The van der Waals surface area contributed by atoms with Crippen molar-refractivity contribution >= 4 is 40.0 Å². The molecule has 3 aromatic heterocycles. The van der Waals surface area contributed by atoms with Gasteiger partial charge in [0.05, 0.1) is 31.0 Å². The Kier molecular flexibility index (Phi) is 14.8. The van der Waals surface area contributed by atoms with Gasteiger partial charge in [0.15, 0.2) is 0 Å². The summed E-state index contributed by atoms with van der Waals surface area (Å²) in [4.78, 5) is 36.4. The molecule has 3 aromatic rings. The third-order valence-electron chi connectivity index (χ3n) is 10.7. The second-order valence-corrected chi connectivity index (χ2v) is 22.0. The smallest absolute Gasteiger partial charge is 0.344 e. The largest absolute Gasteiger partial charge is 0.478 e. The first-order chi connectivity index (χ1) is 25.9. The van der Waals surface area contributed by atoms with Crippen LogP contribution in [0.4, 0.5) is 0 Å². The highest BCUT2D eigenvalue weighted by Crippen LogP contribution is 2.57. The number of hydrogen-bond donors (Lipinski definition) is 0. The molecule has 0 radical (unpaired) electrons. The summed E-state index contributed by atoms with van der Waals surface area (Å²) in [7, 11) is -3.31. The van der Waals surface area contributed by atoms with Crippen molar-refractivity contribution in [3.8, 4) is 17.0 Å². The van der Waals surface area contributed by atoms with Crippen LogP contribution in [0.15, 0.2) is 68.9 Å². The number of hydrogen-bond acceptors (Lipinski definition) is 12. The van der Waals surface area contributed by atoms with Crippen LogP contribution in [0.5, 0.6) is 5.88 Å². The monoisotopic (exact) mass is 779 g/mol. The number of fused-ring (bicyclic) bond motifs is 3. The summed E-state index contributed by atoms with van der Waals surface area (Å²) in [6.07, 6.45) is 14.7.